The zero-order chi connectivity index (χ0) is 54.3. The lowest BCUT2D eigenvalue weighted by atomic mass is 10.1. The molecule has 0 spiro atoms. The average molecular weight is 1050 g/mol. The summed E-state index contributed by atoms with van der Waals surface area (Å²) in [6.07, 6.45) is 81.8. The minimum atomic E-state index is -0.786. The molecule has 0 aliphatic carbocycles. The largest absolute Gasteiger partial charge is 0.462 e. The number of carbonyl (C=O) groups excluding carboxylic acids is 3. The van der Waals surface area contributed by atoms with Gasteiger partial charge in [0.05, 0.1) is 0 Å². The highest BCUT2D eigenvalue weighted by atomic mass is 16.6. The highest BCUT2D eigenvalue weighted by Crippen LogP contribution is 2.16. The summed E-state index contributed by atoms with van der Waals surface area (Å²) in [4.78, 5) is 38.4. The SMILES string of the molecule is CCCCC/C=C\C/C=C\C/C=C\CCCCCCCCC(=O)OCC(COC(=O)CCCCCCCCCCC/C=C\CCCCCCCC)OC(=O)CCCCCCCCCCC/C=C\C/C=C\CCCCC. The fourth-order valence-corrected chi connectivity index (χ4v) is 9.24. The van der Waals surface area contributed by atoms with Crippen molar-refractivity contribution in [2.75, 3.05) is 13.2 Å². The van der Waals surface area contributed by atoms with Crippen LogP contribution in [0, 0.1) is 0 Å². The van der Waals surface area contributed by atoms with Crippen molar-refractivity contribution in [2.24, 2.45) is 0 Å². The Kier molecular flexibility index (Phi) is 60.7. The van der Waals surface area contributed by atoms with Gasteiger partial charge in [-0.2, -0.15) is 0 Å². The van der Waals surface area contributed by atoms with E-state index in [-0.39, 0.29) is 31.1 Å². The van der Waals surface area contributed by atoms with Gasteiger partial charge in [-0.25, -0.2) is 0 Å². The third-order valence-corrected chi connectivity index (χ3v) is 14.2. The first kappa shape index (κ1) is 71.8. The Bertz CT molecular complexity index is 1390. The maximum absolute atomic E-state index is 12.9. The molecule has 0 radical (unpaired) electrons. The Morgan fingerprint density at radius 3 is 0.787 bits per heavy atom. The van der Waals surface area contributed by atoms with Gasteiger partial charge in [-0.15, -0.1) is 0 Å². The van der Waals surface area contributed by atoms with Crippen LogP contribution in [0.5, 0.6) is 0 Å². The van der Waals surface area contributed by atoms with Crippen LogP contribution in [0.4, 0.5) is 0 Å². The second kappa shape index (κ2) is 63.4. The summed E-state index contributed by atoms with van der Waals surface area (Å²) in [5.74, 6) is -0.885. The van der Waals surface area contributed by atoms with Gasteiger partial charge < -0.3 is 14.2 Å². The molecule has 0 amide bonds. The maximum atomic E-state index is 12.9. The Morgan fingerprint density at radius 2 is 0.480 bits per heavy atom. The first-order valence-electron chi connectivity index (χ1n) is 32.4. The van der Waals surface area contributed by atoms with Gasteiger partial charge in [0.1, 0.15) is 13.2 Å². The average Bonchev–Trinajstić information content (AvgIpc) is 3.41. The van der Waals surface area contributed by atoms with Crippen molar-refractivity contribution in [1.29, 1.82) is 0 Å². The number of carbonyl (C=O) groups is 3. The first-order chi connectivity index (χ1) is 37.0. The van der Waals surface area contributed by atoms with Crippen molar-refractivity contribution < 1.29 is 28.6 Å². The lowest BCUT2D eigenvalue weighted by Gasteiger charge is -2.18. The number of hydrogen-bond donors (Lipinski definition) is 0. The van der Waals surface area contributed by atoms with E-state index in [9.17, 15) is 14.4 Å². The number of allylic oxidation sites excluding steroid dienone is 12. The number of rotatable bonds is 59. The Balaban J connectivity index is 4.40. The van der Waals surface area contributed by atoms with Crippen LogP contribution >= 0.6 is 0 Å². The topological polar surface area (TPSA) is 78.9 Å². The van der Waals surface area contributed by atoms with Gasteiger partial charge in [-0.1, -0.05) is 267 Å². The van der Waals surface area contributed by atoms with Gasteiger partial charge >= 0.3 is 17.9 Å². The van der Waals surface area contributed by atoms with E-state index in [1.165, 1.54) is 205 Å². The van der Waals surface area contributed by atoms with Crippen LogP contribution < -0.4 is 0 Å². The lowest BCUT2D eigenvalue weighted by molar-refractivity contribution is -0.167. The van der Waals surface area contributed by atoms with Gasteiger partial charge in [0, 0.05) is 19.3 Å². The van der Waals surface area contributed by atoms with Gasteiger partial charge in [-0.3, -0.25) is 14.4 Å². The van der Waals surface area contributed by atoms with E-state index in [1.807, 2.05) is 0 Å². The predicted octanol–water partition coefficient (Wildman–Crippen LogP) is 22.1. The van der Waals surface area contributed by atoms with Crippen molar-refractivity contribution in [3.05, 3.63) is 72.9 Å². The summed E-state index contributed by atoms with van der Waals surface area (Å²) in [5, 5.41) is 0. The summed E-state index contributed by atoms with van der Waals surface area (Å²) in [6.45, 7) is 6.61. The molecule has 6 heteroatoms. The normalized spacial score (nSPS) is 12.5. The highest BCUT2D eigenvalue weighted by Gasteiger charge is 2.19. The minimum absolute atomic E-state index is 0.0810. The molecular formula is C69H122O6. The molecular weight excluding hydrogens is 925 g/mol. The fourth-order valence-electron chi connectivity index (χ4n) is 9.24. The summed E-state index contributed by atoms with van der Waals surface area (Å²) < 4.78 is 16.9. The molecule has 0 fully saturated rings. The quantitative estimate of drug-likeness (QED) is 0.0261. The molecule has 0 aromatic heterocycles. The van der Waals surface area contributed by atoms with Crippen molar-refractivity contribution in [3.63, 3.8) is 0 Å². The lowest BCUT2D eigenvalue weighted by Crippen LogP contribution is -2.30. The minimum Gasteiger partial charge on any atom is -0.462 e. The molecule has 0 aromatic carbocycles. The van der Waals surface area contributed by atoms with Crippen molar-refractivity contribution in [2.45, 2.75) is 335 Å². The summed E-state index contributed by atoms with van der Waals surface area (Å²) in [7, 11) is 0. The number of ether oxygens (including phenoxy) is 3. The third-order valence-electron chi connectivity index (χ3n) is 14.2. The van der Waals surface area contributed by atoms with E-state index in [4.69, 9.17) is 14.2 Å². The molecule has 0 saturated heterocycles. The van der Waals surface area contributed by atoms with E-state index in [0.717, 1.165) is 83.5 Å². The predicted molar refractivity (Wildman–Crippen MR) is 325 cm³/mol. The molecule has 0 aromatic rings. The van der Waals surface area contributed by atoms with Crippen LogP contribution in [0.1, 0.15) is 329 Å². The Labute approximate surface area is 465 Å². The summed E-state index contributed by atoms with van der Waals surface area (Å²) in [5.41, 5.74) is 0. The zero-order valence-electron chi connectivity index (χ0n) is 49.8. The summed E-state index contributed by atoms with van der Waals surface area (Å²) >= 11 is 0. The highest BCUT2D eigenvalue weighted by molar-refractivity contribution is 5.71. The van der Waals surface area contributed by atoms with E-state index in [2.05, 4.69) is 93.7 Å². The van der Waals surface area contributed by atoms with Crippen LogP contribution in [0.2, 0.25) is 0 Å². The molecule has 0 saturated carbocycles. The molecule has 0 N–H and O–H groups in total. The smallest absolute Gasteiger partial charge is 0.306 e. The monoisotopic (exact) mass is 1050 g/mol. The number of unbranched alkanes of at least 4 members (excludes halogenated alkanes) is 36. The van der Waals surface area contributed by atoms with Gasteiger partial charge in [0.25, 0.3) is 0 Å². The van der Waals surface area contributed by atoms with Crippen molar-refractivity contribution in [3.8, 4) is 0 Å². The molecule has 1 atom stereocenters. The Hall–Kier alpha value is -3.15. The van der Waals surface area contributed by atoms with Crippen molar-refractivity contribution >= 4 is 17.9 Å². The van der Waals surface area contributed by atoms with E-state index < -0.39 is 6.10 Å². The van der Waals surface area contributed by atoms with Crippen LogP contribution in [-0.4, -0.2) is 37.2 Å². The molecule has 0 aliphatic rings. The van der Waals surface area contributed by atoms with Crippen LogP contribution in [-0.2, 0) is 28.6 Å². The van der Waals surface area contributed by atoms with Gasteiger partial charge in [-0.05, 0) is 116 Å². The number of hydrogen-bond acceptors (Lipinski definition) is 6. The molecule has 434 valence electrons. The second-order valence-corrected chi connectivity index (χ2v) is 21.7. The molecule has 0 heterocycles. The van der Waals surface area contributed by atoms with E-state index in [0.29, 0.717) is 19.3 Å². The zero-order valence-corrected chi connectivity index (χ0v) is 49.8. The van der Waals surface area contributed by atoms with E-state index >= 15 is 0 Å². The molecule has 1 unspecified atom stereocenters. The summed E-state index contributed by atoms with van der Waals surface area (Å²) in [6, 6.07) is 0. The molecule has 0 bridgehead atoms. The van der Waals surface area contributed by atoms with Crippen LogP contribution in [0.3, 0.4) is 0 Å². The van der Waals surface area contributed by atoms with Gasteiger partial charge in [0.2, 0.25) is 0 Å². The van der Waals surface area contributed by atoms with Gasteiger partial charge in [0.15, 0.2) is 6.10 Å². The van der Waals surface area contributed by atoms with Crippen LogP contribution in [0.15, 0.2) is 72.9 Å². The fraction of sp³-hybridized carbons (Fsp3) is 0.783. The third kappa shape index (κ3) is 61.6. The van der Waals surface area contributed by atoms with Crippen LogP contribution in [0.25, 0.3) is 0 Å². The maximum Gasteiger partial charge on any atom is 0.306 e. The molecule has 0 aliphatic heterocycles. The molecule has 6 nitrogen and oxygen atoms in total. The Morgan fingerprint density at radius 1 is 0.267 bits per heavy atom. The van der Waals surface area contributed by atoms with Crippen molar-refractivity contribution in [1.82, 2.24) is 0 Å². The number of esters is 3. The molecule has 75 heavy (non-hydrogen) atoms. The molecule has 0 rings (SSSR count). The van der Waals surface area contributed by atoms with E-state index in [1.54, 1.807) is 0 Å². The second-order valence-electron chi connectivity index (χ2n) is 21.7. The first-order valence-corrected chi connectivity index (χ1v) is 32.4. The standard InChI is InChI=1S/C69H122O6/c1-4-7-10-13-16-19-22-25-28-31-34-37-40-43-46-49-52-55-58-61-67(70)73-64-66(75-69(72)63-60-57-54-51-48-45-42-39-36-33-30-27-24-21-18-15-12-9-6-3)65-74-68(71)62-59-56-53-50-47-44-41-38-35-32-29-26-23-20-17-14-11-8-5-2/h16,18-19,21,25-30,34,37,66H,4-15,17,20,22-24,31-33,35-36,38-65H2,1-3H3/b19-16-,21-18-,28-25-,29-26-,30-27-,37-34-.